The number of nitrogens with one attached hydrogen (secondary N) is 2. The van der Waals surface area contributed by atoms with E-state index in [1.807, 2.05) is 33.9 Å². The molecule has 0 radical (unpaired) electrons. The Labute approximate surface area is 201 Å². The molecule has 0 aromatic heterocycles. The van der Waals surface area contributed by atoms with Crippen LogP contribution >= 0.6 is 23.8 Å². The molecule has 2 aromatic rings. The van der Waals surface area contributed by atoms with E-state index < -0.39 is 24.2 Å². The summed E-state index contributed by atoms with van der Waals surface area (Å²) in [6, 6.07) is 9.14. The van der Waals surface area contributed by atoms with Crippen molar-refractivity contribution in [2.75, 3.05) is 24.7 Å². The Morgan fingerprint density at radius 2 is 1.66 bits per heavy atom. The molecule has 0 saturated heterocycles. The summed E-state index contributed by atoms with van der Waals surface area (Å²) in [4.78, 5) is -0.146. The van der Waals surface area contributed by atoms with Crippen LogP contribution in [-0.2, 0) is 10.0 Å². The number of thiocarbonyl (C=S) groups is 1. The van der Waals surface area contributed by atoms with Crippen molar-refractivity contribution in [3.8, 4) is 5.75 Å². The van der Waals surface area contributed by atoms with Crippen LogP contribution in [0.2, 0.25) is 23.2 Å². The molecule has 0 bridgehead atoms. The van der Waals surface area contributed by atoms with Gasteiger partial charge in [-0.05, 0) is 54.6 Å². The summed E-state index contributed by atoms with van der Waals surface area (Å²) in [5.74, 6) is -0.378. The number of benzene rings is 2. The molecule has 0 heterocycles. The lowest BCUT2D eigenvalue weighted by molar-refractivity contribution is 0.474. The van der Waals surface area contributed by atoms with Gasteiger partial charge in [-0.2, -0.15) is 0 Å². The third-order valence-electron chi connectivity index (χ3n) is 5.34. The highest BCUT2D eigenvalue weighted by atomic mass is 35.5. The van der Waals surface area contributed by atoms with Gasteiger partial charge in [0.2, 0.25) is 10.0 Å². The summed E-state index contributed by atoms with van der Waals surface area (Å²) in [6.07, 6.45) is 0. The van der Waals surface area contributed by atoms with Crippen molar-refractivity contribution < 1.29 is 17.2 Å². The average molecular weight is 518 g/mol. The highest BCUT2D eigenvalue weighted by Gasteiger charge is 2.41. The third kappa shape index (κ3) is 5.79. The summed E-state index contributed by atoms with van der Waals surface area (Å²) in [6.45, 7) is 10.1. The van der Waals surface area contributed by atoms with E-state index in [0.29, 0.717) is 5.69 Å². The Bertz CT molecular complexity index is 1120. The second-order valence-corrected chi connectivity index (χ2v) is 16.6. The third-order valence-corrected chi connectivity index (χ3v) is 12.2. The van der Waals surface area contributed by atoms with E-state index in [0.717, 1.165) is 4.31 Å². The highest BCUT2D eigenvalue weighted by molar-refractivity contribution is 7.89. The van der Waals surface area contributed by atoms with Gasteiger partial charge in [-0.1, -0.05) is 44.5 Å². The van der Waals surface area contributed by atoms with Crippen molar-refractivity contribution in [3.63, 3.8) is 0 Å². The van der Waals surface area contributed by atoms with Crippen molar-refractivity contribution in [2.45, 2.75) is 43.8 Å². The number of anilines is 2. The zero-order valence-electron chi connectivity index (χ0n) is 19.2. The van der Waals surface area contributed by atoms with Crippen LogP contribution in [0, 0.1) is 5.82 Å². The molecule has 0 spiro atoms. The van der Waals surface area contributed by atoms with Gasteiger partial charge in [0.1, 0.15) is 16.5 Å². The van der Waals surface area contributed by atoms with Gasteiger partial charge in [0.15, 0.2) is 5.11 Å². The lowest BCUT2D eigenvalue weighted by Gasteiger charge is -2.37. The molecule has 0 aliphatic carbocycles. The van der Waals surface area contributed by atoms with E-state index >= 15 is 0 Å². The first-order valence-corrected chi connectivity index (χ1v) is 15.0. The zero-order valence-corrected chi connectivity index (χ0v) is 22.6. The smallest absolute Gasteiger partial charge is 0.250 e. The predicted molar refractivity (Wildman–Crippen MR) is 136 cm³/mol. The van der Waals surface area contributed by atoms with Crippen molar-refractivity contribution in [1.29, 1.82) is 0 Å². The topological polar surface area (TPSA) is 70.7 Å². The molecule has 2 N–H and O–H groups in total. The molecule has 0 atom stereocenters. The highest BCUT2D eigenvalue weighted by Crippen LogP contribution is 2.44. The first-order valence-electron chi connectivity index (χ1n) is 9.84. The summed E-state index contributed by atoms with van der Waals surface area (Å²) < 4.78 is 47.8. The first kappa shape index (κ1) is 26.5. The van der Waals surface area contributed by atoms with E-state index in [1.54, 1.807) is 24.3 Å². The second kappa shape index (κ2) is 9.64. The van der Waals surface area contributed by atoms with Gasteiger partial charge in [-0.25, -0.2) is 17.1 Å². The number of sulfonamides is 1. The van der Waals surface area contributed by atoms with Gasteiger partial charge in [-0.3, -0.25) is 0 Å². The van der Waals surface area contributed by atoms with Crippen LogP contribution in [0.4, 0.5) is 15.8 Å². The molecule has 11 heteroatoms. The molecule has 0 aliphatic rings. The molecular weight excluding hydrogens is 489 g/mol. The van der Waals surface area contributed by atoms with E-state index in [9.17, 15) is 12.8 Å². The van der Waals surface area contributed by atoms with Gasteiger partial charge in [0, 0.05) is 14.1 Å². The van der Waals surface area contributed by atoms with E-state index in [-0.39, 0.29) is 31.5 Å². The number of nitrogens with zero attached hydrogens (tertiary/aromatic N) is 1. The van der Waals surface area contributed by atoms with Crippen LogP contribution in [-0.4, -0.2) is 40.2 Å². The Morgan fingerprint density at radius 1 is 1.09 bits per heavy atom. The van der Waals surface area contributed by atoms with Crippen LogP contribution in [0.25, 0.3) is 0 Å². The lowest BCUT2D eigenvalue weighted by Crippen LogP contribution is -2.44. The molecule has 0 unspecified atom stereocenters. The van der Waals surface area contributed by atoms with Crippen molar-refractivity contribution in [1.82, 2.24) is 4.31 Å². The molecule has 0 saturated carbocycles. The molecule has 0 fully saturated rings. The minimum Gasteiger partial charge on any atom is -0.541 e. The Balaban J connectivity index is 2.59. The fraction of sp³-hybridized carbons (Fsp3) is 0.381. The SMILES string of the molecule is CN(C)S(=O)(=O)c1c(Cl)ccc(NC(=S)Nc2ccccc2F)c1O[Si](C)(C)C(C)(C)C. The number of para-hydroxylation sites is 1. The van der Waals surface area contributed by atoms with Crippen LogP contribution in [0.5, 0.6) is 5.75 Å². The fourth-order valence-corrected chi connectivity index (χ4v) is 5.24. The van der Waals surface area contributed by atoms with Gasteiger partial charge in [0.05, 0.1) is 16.4 Å². The summed E-state index contributed by atoms with van der Waals surface area (Å²) in [5.41, 5.74) is 0.500. The molecule has 2 rings (SSSR count). The minimum absolute atomic E-state index is 0.0333. The van der Waals surface area contributed by atoms with Gasteiger partial charge < -0.3 is 15.1 Å². The Hall–Kier alpha value is -1.72. The van der Waals surface area contributed by atoms with Crippen molar-refractivity contribution in [2.24, 2.45) is 0 Å². The quantitative estimate of drug-likeness (QED) is 0.366. The predicted octanol–water partition coefficient (Wildman–Crippen LogP) is 5.92. The summed E-state index contributed by atoms with van der Waals surface area (Å²) in [7, 11) is -3.58. The maximum Gasteiger partial charge on any atom is 0.250 e. The Morgan fingerprint density at radius 3 is 2.19 bits per heavy atom. The fourth-order valence-electron chi connectivity index (χ4n) is 2.41. The molecule has 32 heavy (non-hydrogen) atoms. The van der Waals surface area contributed by atoms with Crippen LogP contribution < -0.4 is 15.1 Å². The van der Waals surface area contributed by atoms with Crippen LogP contribution in [0.3, 0.4) is 0 Å². The minimum atomic E-state index is -3.95. The second-order valence-electron chi connectivity index (χ2n) is 8.96. The molecule has 0 amide bonds. The molecule has 6 nitrogen and oxygen atoms in total. The van der Waals surface area contributed by atoms with Gasteiger partial charge >= 0.3 is 0 Å². The lowest BCUT2D eigenvalue weighted by atomic mass is 10.2. The first-order chi connectivity index (χ1) is 14.6. The standard InChI is InChI=1S/C21H29ClFN3O3S2Si/c1-21(2,3)32(6,7)29-18-17(13-12-14(22)19(18)31(27,28)26(4)5)25-20(30)24-16-11-9-8-10-15(16)23/h8-13H,1-7H3,(H2,24,25,30). The number of hydrogen-bond donors (Lipinski definition) is 2. The van der Waals surface area contributed by atoms with Crippen molar-refractivity contribution in [3.05, 3.63) is 47.2 Å². The summed E-state index contributed by atoms with van der Waals surface area (Å²) in [5, 5.41) is 5.63. The maximum absolute atomic E-state index is 14.0. The summed E-state index contributed by atoms with van der Waals surface area (Å²) >= 11 is 11.7. The van der Waals surface area contributed by atoms with E-state index in [2.05, 4.69) is 10.6 Å². The molecule has 2 aromatic carbocycles. The van der Waals surface area contributed by atoms with Gasteiger partial charge in [-0.15, -0.1) is 0 Å². The number of halogens is 2. The van der Waals surface area contributed by atoms with Gasteiger partial charge in [0.25, 0.3) is 8.32 Å². The van der Waals surface area contributed by atoms with E-state index in [4.69, 9.17) is 28.2 Å². The molecular formula is C21H29ClFN3O3S2Si. The van der Waals surface area contributed by atoms with Crippen LogP contribution in [0.15, 0.2) is 41.3 Å². The Kier molecular flexibility index (Phi) is 7.99. The zero-order chi connectivity index (χ0) is 24.5. The normalized spacial score (nSPS) is 12.6. The van der Waals surface area contributed by atoms with Crippen LogP contribution in [0.1, 0.15) is 20.8 Å². The largest absolute Gasteiger partial charge is 0.541 e. The number of hydrogen-bond acceptors (Lipinski definition) is 4. The molecule has 0 aliphatic heterocycles. The van der Waals surface area contributed by atoms with Crippen molar-refractivity contribution >= 4 is 58.6 Å². The number of rotatable bonds is 6. The molecule has 176 valence electrons. The average Bonchev–Trinajstić information content (AvgIpc) is 2.64. The maximum atomic E-state index is 14.0. The monoisotopic (exact) mass is 517 g/mol. The van der Waals surface area contributed by atoms with E-state index in [1.165, 1.54) is 26.2 Å².